The van der Waals surface area contributed by atoms with Crippen LogP contribution in [0.4, 0.5) is 0 Å². The second-order valence-corrected chi connectivity index (χ2v) is 4.80. The minimum absolute atomic E-state index is 0.345. The van der Waals surface area contributed by atoms with Gasteiger partial charge in [0.15, 0.2) is 0 Å². The topological polar surface area (TPSA) is 26.3 Å². The fourth-order valence-corrected chi connectivity index (χ4v) is 1.87. The van der Waals surface area contributed by atoms with Gasteiger partial charge in [-0.05, 0) is 25.0 Å². The monoisotopic (exact) mass is 284 g/mol. The van der Waals surface area contributed by atoms with E-state index in [1.165, 1.54) is 19.3 Å². The molecule has 0 bridgehead atoms. The molecule has 0 spiro atoms. The number of rotatable bonds is 7. The molecule has 0 N–H and O–H groups in total. The highest BCUT2D eigenvalue weighted by atomic mass is 16.5. The molecule has 0 aromatic heterocycles. The van der Waals surface area contributed by atoms with Crippen molar-refractivity contribution in [2.24, 2.45) is 0 Å². The van der Waals surface area contributed by atoms with Gasteiger partial charge in [-0.2, -0.15) is 0 Å². The minimum atomic E-state index is -0.345. The second kappa shape index (κ2) is 10.7. The quantitative estimate of drug-likeness (QED) is 0.316. The molecule has 1 aromatic rings. The Morgan fingerprint density at radius 3 is 2.57 bits per heavy atom. The summed E-state index contributed by atoms with van der Waals surface area (Å²) < 4.78 is 5.06. The maximum atomic E-state index is 11.9. The summed E-state index contributed by atoms with van der Waals surface area (Å²) in [5.74, 6) is 5.71. The van der Waals surface area contributed by atoms with Crippen molar-refractivity contribution >= 4 is 12.0 Å². The van der Waals surface area contributed by atoms with Crippen LogP contribution in [0.25, 0.3) is 6.08 Å². The van der Waals surface area contributed by atoms with Crippen molar-refractivity contribution < 1.29 is 9.53 Å². The maximum absolute atomic E-state index is 11.9. The summed E-state index contributed by atoms with van der Waals surface area (Å²) in [7, 11) is 0. The summed E-state index contributed by atoms with van der Waals surface area (Å²) in [6.45, 7) is 4.35. The molecule has 1 rings (SSSR count). The predicted molar refractivity (Wildman–Crippen MR) is 87.6 cm³/mol. The number of carbonyl (C=O) groups excluding carboxylic acids is 1. The first-order valence-electron chi connectivity index (χ1n) is 7.70. The molecule has 0 fully saturated rings. The van der Waals surface area contributed by atoms with Crippen LogP contribution < -0.4 is 0 Å². The Kier molecular flexibility index (Phi) is 8.72. The van der Waals surface area contributed by atoms with Crippen molar-refractivity contribution in [3.05, 3.63) is 41.5 Å². The number of hydrogen-bond acceptors (Lipinski definition) is 2. The lowest BCUT2D eigenvalue weighted by atomic mass is 10.1. The zero-order chi connectivity index (χ0) is 15.3. The molecule has 0 amide bonds. The van der Waals surface area contributed by atoms with Crippen LogP contribution >= 0.6 is 0 Å². The van der Waals surface area contributed by atoms with Crippen LogP contribution in [-0.4, -0.2) is 12.6 Å². The summed E-state index contributed by atoms with van der Waals surface area (Å²) in [4.78, 5) is 11.9. The molecule has 0 heterocycles. The molecule has 0 atom stereocenters. The van der Waals surface area contributed by atoms with Gasteiger partial charge in [-0.25, -0.2) is 4.79 Å². The molecule has 0 radical (unpaired) electrons. The molecule has 0 aliphatic carbocycles. The summed E-state index contributed by atoms with van der Waals surface area (Å²) in [5, 5.41) is 0. The number of ether oxygens (including phenoxy) is 1. The van der Waals surface area contributed by atoms with Crippen LogP contribution in [0.1, 0.15) is 51.5 Å². The number of hydrogen-bond donors (Lipinski definition) is 0. The highest BCUT2D eigenvalue weighted by molar-refractivity contribution is 5.98. The lowest BCUT2D eigenvalue weighted by Crippen LogP contribution is -2.06. The third kappa shape index (κ3) is 7.37. The average Bonchev–Trinajstić information content (AvgIpc) is 2.50. The van der Waals surface area contributed by atoms with Gasteiger partial charge in [0, 0.05) is 6.42 Å². The van der Waals surface area contributed by atoms with Gasteiger partial charge in [-0.3, -0.25) is 0 Å². The molecule has 0 aliphatic rings. The van der Waals surface area contributed by atoms with E-state index in [4.69, 9.17) is 4.74 Å². The molecular weight excluding hydrogens is 260 g/mol. The second-order valence-electron chi connectivity index (χ2n) is 4.80. The van der Waals surface area contributed by atoms with Crippen molar-refractivity contribution in [3.8, 4) is 11.8 Å². The fraction of sp³-hybridized carbons (Fsp3) is 0.421. The van der Waals surface area contributed by atoms with Gasteiger partial charge in [0.1, 0.15) is 5.57 Å². The van der Waals surface area contributed by atoms with Gasteiger partial charge >= 0.3 is 5.97 Å². The zero-order valence-electron chi connectivity index (χ0n) is 13.0. The predicted octanol–water partition coefficient (Wildman–Crippen LogP) is 4.61. The number of benzene rings is 1. The van der Waals surface area contributed by atoms with Crippen molar-refractivity contribution in [3.63, 3.8) is 0 Å². The Hall–Kier alpha value is -2.01. The Morgan fingerprint density at radius 2 is 1.90 bits per heavy atom. The Morgan fingerprint density at radius 1 is 1.14 bits per heavy atom. The molecule has 0 unspecified atom stereocenters. The van der Waals surface area contributed by atoms with E-state index in [9.17, 15) is 4.79 Å². The smallest absolute Gasteiger partial charge is 0.346 e. The third-order valence-corrected chi connectivity index (χ3v) is 2.98. The Labute approximate surface area is 128 Å². The van der Waals surface area contributed by atoms with Crippen LogP contribution in [0.3, 0.4) is 0 Å². The molecule has 0 saturated carbocycles. The molecular formula is C19H24O2. The standard InChI is InChI=1S/C19H24O2/c1-3-5-6-7-8-12-15-18(19(20)21-4-2)16-17-13-10-9-11-14-17/h9-11,13-14,16H,3-8H2,1-2H3/b18-16-. The summed E-state index contributed by atoms with van der Waals surface area (Å²) in [6.07, 6.45) is 7.36. The normalized spacial score (nSPS) is 10.7. The SMILES string of the molecule is CCCCCCC#C/C(=C/c1ccccc1)C(=O)OCC. The summed E-state index contributed by atoms with van der Waals surface area (Å²) in [6, 6.07) is 9.71. The lowest BCUT2D eigenvalue weighted by molar-refractivity contribution is -0.137. The van der Waals surface area contributed by atoms with E-state index in [0.29, 0.717) is 12.2 Å². The molecule has 2 heteroatoms. The molecule has 0 aliphatic heterocycles. The maximum Gasteiger partial charge on any atom is 0.346 e. The third-order valence-electron chi connectivity index (χ3n) is 2.98. The van der Waals surface area contributed by atoms with E-state index in [1.54, 1.807) is 13.0 Å². The van der Waals surface area contributed by atoms with E-state index in [2.05, 4.69) is 18.8 Å². The minimum Gasteiger partial charge on any atom is -0.462 e. The van der Waals surface area contributed by atoms with E-state index in [0.717, 1.165) is 18.4 Å². The van der Waals surface area contributed by atoms with Crippen LogP contribution in [0.15, 0.2) is 35.9 Å². The number of carbonyl (C=O) groups is 1. The fourth-order valence-electron chi connectivity index (χ4n) is 1.87. The summed E-state index contributed by atoms with van der Waals surface area (Å²) >= 11 is 0. The van der Waals surface area contributed by atoms with Crippen molar-refractivity contribution in [1.29, 1.82) is 0 Å². The van der Waals surface area contributed by atoms with Gasteiger partial charge in [0.05, 0.1) is 6.61 Å². The van der Waals surface area contributed by atoms with E-state index < -0.39 is 0 Å². The largest absolute Gasteiger partial charge is 0.462 e. The van der Waals surface area contributed by atoms with Crippen LogP contribution in [0.5, 0.6) is 0 Å². The van der Waals surface area contributed by atoms with Gasteiger partial charge in [0.25, 0.3) is 0 Å². The molecule has 2 nitrogen and oxygen atoms in total. The van der Waals surface area contributed by atoms with Gasteiger partial charge in [-0.1, -0.05) is 68.4 Å². The number of esters is 1. The molecule has 112 valence electrons. The molecule has 0 saturated heterocycles. The van der Waals surface area contributed by atoms with Gasteiger partial charge in [-0.15, -0.1) is 0 Å². The van der Waals surface area contributed by atoms with Gasteiger partial charge in [0.2, 0.25) is 0 Å². The van der Waals surface area contributed by atoms with Crippen LogP contribution in [0.2, 0.25) is 0 Å². The van der Waals surface area contributed by atoms with Gasteiger partial charge < -0.3 is 4.74 Å². The average molecular weight is 284 g/mol. The molecule has 1 aromatic carbocycles. The van der Waals surface area contributed by atoms with Crippen LogP contribution in [0, 0.1) is 11.8 Å². The van der Waals surface area contributed by atoms with E-state index in [1.807, 2.05) is 30.3 Å². The Bertz CT molecular complexity index is 503. The van der Waals surface area contributed by atoms with Crippen LogP contribution in [-0.2, 0) is 9.53 Å². The van der Waals surface area contributed by atoms with E-state index >= 15 is 0 Å². The zero-order valence-corrected chi connectivity index (χ0v) is 13.0. The van der Waals surface area contributed by atoms with Crippen molar-refractivity contribution in [1.82, 2.24) is 0 Å². The highest BCUT2D eigenvalue weighted by Crippen LogP contribution is 2.08. The van der Waals surface area contributed by atoms with E-state index in [-0.39, 0.29) is 5.97 Å². The first-order chi connectivity index (χ1) is 10.3. The van der Waals surface area contributed by atoms with Crippen molar-refractivity contribution in [2.75, 3.05) is 6.61 Å². The lowest BCUT2D eigenvalue weighted by Gasteiger charge is -2.01. The number of unbranched alkanes of at least 4 members (excludes halogenated alkanes) is 4. The Balaban J connectivity index is 2.72. The van der Waals surface area contributed by atoms with Crippen molar-refractivity contribution in [2.45, 2.75) is 46.0 Å². The first-order valence-corrected chi connectivity index (χ1v) is 7.70. The first kappa shape index (κ1) is 17.0. The highest BCUT2D eigenvalue weighted by Gasteiger charge is 2.07. The summed E-state index contributed by atoms with van der Waals surface area (Å²) in [5.41, 5.74) is 1.39. The molecule has 21 heavy (non-hydrogen) atoms.